The molecule has 2 aromatic rings. The number of ether oxygens (including phenoxy) is 3. The van der Waals surface area contributed by atoms with Gasteiger partial charge in [-0.15, -0.1) is 0 Å². The Morgan fingerprint density at radius 2 is 1.58 bits per heavy atom. The van der Waals surface area contributed by atoms with Gasteiger partial charge in [-0.05, 0) is 48.9 Å². The van der Waals surface area contributed by atoms with Gasteiger partial charge in [-0.3, -0.25) is 9.59 Å². The molecule has 0 aliphatic carbocycles. The standard InChI is InChI=1S/C18H17BrO5/c1-11(20)12-4-6-14(7-5-12)24-18(21)9-13-8-16(22-2)17(23-3)10-15(13)19/h4-8,10H,9H2,1-3H3. The highest BCUT2D eigenvalue weighted by Gasteiger charge is 2.14. The quantitative estimate of drug-likeness (QED) is 0.424. The van der Waals surface area contributed by atoms with Crippen LogP contribution in [0, 0.1) is 0 Å². The van der Waals surface area contributed by atoms with E-state index >= 15 is 0 Å². The number of halogens is 1. The minimum absolute atomic E-state index is 0.0397. The summed E-state index contributed by atoms with van der Waals surface area (Å²) in [6, 6.07) is 9.90. The fourth-order valence-corrected chi connectivity index (χ4v) is 2.58. The zero-order chi connectivity index (χ0) is 17.7. The third-order valence-corrected chi connectivity index (χ3v) is 4.12. The molecular weight excluding hydrogens is 376 g/mol. The van der Waals surface area contributed by atoms with Gasteiger partial charge in [0.2, 0.25) is 0 Å². The van der Waals surface area contributed by atoms with Gasteiger partial charge in [0.05, 0.1) is 20.6 Å². The number of esters is 1. The highest BCUT2D eigenvalue weighted by Crippen LogP contribution is 2.33. The van der Waals surface area contributed by atoms with Crippen molar-refractivity contribution in [2.75, 3.05) is 14.2 Å². The van der Waals surface area contributed by atoms with Crippen LogP contribution in [0.15, 0.2) is 40.9 Å². The molecule has 0 aromatic heterocycles. The Hall–Kier alpha value is -2.34. The van der Waals surface area contributed by atoms with E-state index in [0.29, 0.717) is 22.8 Å². The molecule has 0 N–H and O–H groups in total. The minimum Gasteiger partial charge on any atom is -0.493 e. The SMILES string of the molecule is COc1cc(Br)c(CC(=O)Oc2ccc(C(C)=O)cc2)cc1OC. The van der Waals surface area contributed by atoms with Crippen molar-refractivity contribution in [3.05, 3.63) is 52.0 Å². The van der Waals surface area contributed by atoms with E-state index in [-0.39, 0.29) is 12.2 Å². The molecule has 0 atom stereocenters. The van der Waals surface area contributed by atoms with Gasteiger partial charge in [-0.25, -0.2) is 0 Å². The largest absolute Gasteiger partial charge is 0.493 e. The Balaban J connectivity index is 2.10. The van der Waals surface area contributed by atoms with Gasteiger partial charge in [0.15, 0.2) is 17.3 Å². The lowest BCUT2D eigenvalue weighted by molar-refractivity contribution is -0.133. The van der Waals surface area contributed by atoms with Crippen LogP contribution in [0.5, 0.6) is 17.2 Å². The van der Waals surface area contributed by atoms with Crippen LogP contribution in [0.2, 0.25) is 0 Å². The first-order valence-corrected chi connectivity index (χ1v) is 7.96. The van der Waals surface area contributed by atoms with Crippen LogP contribution in [0.3, 0.4) is 0 Å². The average Bonchev–Trinajstić information content (AvgIpc) is 2.56. The maximum absolute atomic E-state index is 12.1. The number of Topliss-reactive ketones (excluding diaryl/α,β-unsaturated/α-hetero) is 1. The molecule has 0 amide bonds. The zero-order valence-corrected chi connectivity index (χ0v) is 15.2. The van der Waals surface area contributed by atoms with E-state index in [4.69, 9.17) is 14.2 Å². The molecule has 0 saturated heterocycles. The average molecular weight is 393 g/mol. The smallest absolute Gasteiger partial charge is 0.315 e. The first-order chi connectivity index (χ1) is 11.4. The van der Waals surface area contributed by atoms with Crippen LogP contribution in [-0.4, -0.2) is 26.0 Å². The Labute approximate surface area is 148 Å². The fourth-order valence-electron chi connectivity index (χ4n) is 2.11. The summed E-state index contributed by atoms with van der Waals surface area (Å²) in [6.07, 6.45) is 0.0649. The van der Waals surface area contributed by atoms with Crippen molar-refractivity contribution in [3.63, 3.8) is 0 Å². The first kappa shape index (κ1) is 18.0. The number of carbonyl (C=O) groups is 2. The van der Waals surface area contributed by atoms with Crippen molar-refractivity contribution in [1.82, 2.24) is 0 Å². The molecule has 0 saturated carbocycles. The number of rotatable bonds is 6. The molecule has 0 heterocycles. The third kappa shape index (κ3) is 4.35. The summed E-state index contributed by atoms with van der Waals surface area (Å²) < 4.78 is 16.5. The number of hydrogen-bond acceptors (Lipinski definition) is 5. The fraction of sp³-hybridized carbons (Fsp3) is 0.222. The van der Waals surface area contributed by atoms with Gasteiger partial charge >= 0.3 is 5.97 Å². The lowest BCUT2D eigenvalue weighted by atomic mass is 10.1. The van der Waals surface area contributed by atoms with Crippen LogP contribution < -0.4 is 14.2 Å². The Kier molecular flexibility index (Phi) is 5.98. The molecule has 5 nitrogen and oxygen atoms in total. The Bertz CT molecular complexity index is 753. The number of benzene rings is 2. The van der Waals surface area contributed by atoms with E-state index in [1.54, 1.807) is 43.5 Å². The normalized spacial score (nSPS) is 10.2. The molecule has 0 fully saturated rings. The second-order valence-corrected chi connectivity index (χ2v) is 5.88. The van der Waals surface area contributed by atoms with Gasteiger partial charge in [0.25, 0.3) is 0 Å². The summed E-state index contributed by atoms with van der Waals surface area (Å²) in [5.41, 5.74) is 1.29. The molecule has 2 aromatic carbocycles. The van der Waals surface area contributed by atoms with Gasteiger partial charge < -0.3 is 14.2 Å². The van der Waals surface area contributed by atoms with Crippen molar-refractivity contribution < 1.29 is 23.8 Å². The maximum atomic E-state index is 12.1. The number of ketones is 1. The topological polar surface area (TPSA) is 61.8 Å². The summed E-state index contributed by atoms with van der Waals surface area (Å²) in [5, 5.41) is 0. The molecule has 126 valence electrons. The second-order valence-electron chi connectivity index (χ2n) is 5.03. The second kappa shape index (κ2) is 7.97. The van der Waals surface area contributed by atoms with Crippen molar-refractivity contribution in [3.8, 4) is 17.2 Å². The minimum atomic E-state index is -0.418. The van der Waals surface area contributed by atoms with E-state index in [1.165, 1.54) is 14.0 Å². The lowest BCUT2D eigenvalue weighted by Gasteiger charge is -2.12. The van der Waals surface area contributed by atoms with Gasteiger partial charge in [0, 0.05) is 10.0 Å². The summed E-state index contributed by atoms with van der Waals surface area (Å²) >= 11 is 3.41. The van der Waals surface area contributed by atoms with Crippen LogP contribution in [0.25, 0.3) is 0 Å². The molecule has 0 radical (unpaired) electrons. The van der Waals surface area contributed by atoms with Crippen molar-refractivity contribution in [2.24, 2.45) is 0 Å². The number of methoxy groups -OCH3 is 2. The highest BCUT2D eigenvalue weighted by molar-refractivity contribution is 9.10. The number of carbonyl (C=O) groups excluding carboxylic acids is 2. The molecule has 0 spiro atoms. The highest BCUT2D eigenvalue weighted by atomic mass is 79.9. The van der Waals surface area contributed by atoms with Crippen molar-refractivity contribution in [2.45, 2.75) is 13.3 Å². The molecule has 0 bridgehead atoms. The molecule has 2 rings (SSSR count). The number of hydrogen-bond donors (Lipinski definition) is 0. The summed E-state index contributed by atoms with van der Waals surface area (Å²) in [6.45, 7) is 1.48. The van der Waals surface area contributed by atoms with E-state index in [1.807, 2.05) is 0 Å². The van der Waals surface area contributed by atoms with Gasteiger partial charge in [0.1, 0.15) is 5.75 Å². The predicted molar refractivity (Wildman–Crippen MR) is 93.0 cm³/mol. The van der Waals surface area contributed by atoms with Crippen LogP contribution in [0.4, 0.5) is 0 Å². The molecule has 0 aliphatic heterocycles. The summed E-state index contributed by atoms with van der Waals surface area (Å²) in [7, 11) is 3.08. The van der Waals surface area contributed by atoms with Crippen LogP contribution in [0.1, 0.15) is 22.8 Å². The van der Waals surface area contributed by atoms with Crippen LogP contribution in [-0.2, 0) is 11.2 Å². The third-order valence-electron chi connectivity index (χ3n) is 3.38. The molecule has 6 heteroatoms. The maximum Gasteiger partial charge on any atom is 0.315 e. The monoisotopic (exact) mass is 392 g/mol. The zero-order valence-electron chi connectivity index (χ0n) is 13.6. The first-order valence-electron chi connectivity index (χ1n) is 7.16. The van der Waals surface area contributed by atoms with E-state index in [9.17, 15) is 9.59 Å². The molecule has 24 heavy (non-hydrogen) atoms. The van der Waals surface area contributed by atoms with Crippen LogP contribution >= 0.6 is 15.9 Å². The van der Waals surface area contributed by atoms with Gasteiger partial charge in [-0.1, -0.05) is 15.9 Å². The van der Waals surface area contributed by atoms with Crippen molar-refractivity contribution in [1.29, 1.82) is 0 Å². The van der Waals surface area contributed by atoms with Gasteiger partial charge in [-0.2, -0.15) is 0 Å². The van der Waals surface area contributed by atoms with E-state index < -0.39 is 5.97 Å². The summed E-state index contributed by atoms with van der Waals surface area (Å²) in [5.74, 6) is 1.04. The molecule has 0 aliphatic rings. The van der Waals surface area contributed by atoms with E-state index in [2.05, 4.69) is 15.9 Å². The predicted octanol–water partition coefficient (Wildman–Crippen LogP) is 3.82. The van der Waals surface area contributed by atoms with Crippen molar-refractivity contribution >= 4 is 27.7 Å². The summed E-state index contributed by atoms with van der Waals surface area (Å²) in [4.78, 5) is 23.4. The Morgan fingerprint density at radius 1 is 1.00 bits per heavy atom. The lowest BCUT2D eigenvalue weighted by Crippen LogP contribution is -2.12. The molecule has 0 unspecified atom stereocenters. The molecular formula is C18H17BrO5. The Morgan fingerprint density at radius 3 is 2.12 bits per heavy atom. The van der Waals surface area contributed by atoms with E-state index in [0.717, 1.165) is 10.0 Å².